The largest absolute Gasteiger partial charge is 0.208 e. The van der Waals surface area contributed by atoms with Gasteiger partial charge < -0.3 is 0 Å². The second-order valence-electron chi connectivity index (χ2n) is 13.9. The van der Waals surface area contributed by atoms with E-state index in [1.54, 1.807) is 0 Å². The highest BCUT2D eigenvalue weighted by Crippen LogP contribution is 2.65. The number of hydrogen-bond acceptors (Lipinski definition) is 4. The van der Waals surface area contributed by atoms with Crippen molar-refractivity contribution in [1.29, 1.82) is 0 Å². The predicted octanol–water partition coefficient (Wildman–Crippen LogP) is 12.6. The van der Waals surface area contributed by atoms with Crippen molar-refractivity contribution in [2.75, 3.05) is 0 Å². The minimum atomic E-state index is -0.418. The van der Waals surface area contributed by atoms with Gasteiger partial charge in [0.05, 0.1) is 5.41 Å². The number of nitrogens with zero attached hydrogens (tertiary/aromatic N) is 3. The van der Waals surface area contributed by atoms with Crippen LogP contribution in [0.4, 0.5) is 0 Å². The smallest absolute Gasteiger partial charge is 0.164 e. The van der Waals surface area contributed by atoms with Crippen molar-refractivity contribution in [2.24, 2.45) is 0 Å². The third-order valence-corrected chi connectivity index (χ3v) is 12.2. The molecule has 0 saturated carbocycles. The van der Waals surface area contributed by atoms with Crippen LogP contribution in [0.25, 0.3) is 77.3 Å². The number of aromatic nitrogens is 3. The van der Waals surface area contributed by atoms with Gasteiger partial charge in [-0.3, -0.25) is 0 Å². The SMILES string of the molecule is c1ccc(-c2nc(-c3ccccc3)nc(-c3cccc(-c4ccc5c(c4)C4(c6ccccc6-c6ccccc64)c4cc(-c6ccccc6)sc4-5)c3)n2)cc1. The Balaban J connectivity index is 1.10. The van der Waals surface area contributed by atoms with Crippen LogP contribution in [0.2, 0.25) is 0 Å². The van der Waals surface area contributed by atoms with Gasteiger partial charge in [0, 0.05) is 26.4 Å². The Labute approximate surface area is 318 Å². The molecule has 0 amide bonds. The summed E-state index contributed by atoms with van der Waals surface area (Å²) in [5.74, 6) is 1.96. The maximum absolute atomic E-state index is 5.03. The molecule has 0 radical (unpaired) electrons. The summed E-state index contributed by atoms with van der Waals surface area (Å²) in [6.45, 7) is 0. The lowest BCUT2D eigenvalue weighted by molar-refractivity contribution is 0.796. The molecule has 0 bridgehead atoms. The molecule has 3 nitrogen and oxygen atoms in total. The van der Waals surface area contributed by atoms with E-state index in [0.29, 0.717) is 17.5 Å². The van der Waals surface area contributed by atoms with Gasteiger partial charge in [0.25, 0.3) is 0 Å². The second kappa shape index (κ2) is 12.2. The van der Waals surface area contributed by atoms with E-state index in [4.69, 9.17) is 15.0 Å². The first-order valence-corrected chi connectivity index (χ1v) is 19.1. The van der Waals surface area contributed by atoms with E-state index < -0.39 is 5.41 Å². The van der Waals surface area contributed by atoms with E-state index in [1.165, 1.54) is 54.3 Å². The minimum absolute atomic E-state index is 0.418. The monoisotopic (exact) mass is 705 g/mol. The zero-order valence-electron chi connectivity index (χ0n) is 29.1. The lowest BCUT2D eigenvalue weighted by Crippen LogP contribution is -2.25. The molecule has 0 fully saturated rings. The quantitative estimate of drug-likeness (QED) is 0.179. The molecule has 4 heteroatoms. The number of thiophene rings is 1. The molecule has 2 aliphatic carbocycles. The first-order valence-electron chi connectivity index (χ1n) is 18.3. The lowest BCUT2D eigenvalue weighted by atomic mass is 9.70. The Kier molecular flexibility index (Phi) is 6.94. The maximum Gasteiger partial charge on any atom is 0.164 e. The molecule has 0 saturated heterocycles. The molecule has 0 aliphatic heterocycles. The standard InChI is InChI=1S/C50H31N3S/c1-4-15-32(16-5-1)45-31-44-46(54-45)40-28-27-36(30-43(40)50(44)41-25-12-10-23-38(41)39-24-11-13-26-42(39)50)35-21-14-22-37(29-35)49-52-47(33-17-6-2-7-18-33)51-48(53-49)34-19-8-3-9-20-34/h1-31H. The van der Waals surface area contributed by atoms with E-state index in [-0.39, 0.29) is 0 Å². The number of rotatable bonds is 5. The Morgan fingerprint density at radius 2 is 0.796 bits per heavy atom. The summed E-state index contributed by atoms with van der Waals surface area (Å²) in [4.78, 5) is 17.6. The van der Waals surface area contributed by atoms with Gasteiger partial charge in [-0.25, -0.2) is 15.0 Å². The van der Waals surface area contributed by atoms with E-state index in [0.717, 1.165) is 27.8 Å². The zero-order valence-corrected chi connectivity index (χ0v) is 30.0. The van der Waals surface area contributed by atoms with Crippen molar-refractivity contribution >= 4 is 11.3 Å². The second-order valence-corrected chi connectivity index (χ2v) is 15.0. The molecule has 2 aromatic heterocycles. The van der Waals surface area contributed by atoms with Gasteiger partial charge >= 0.3 is 0 Å². The zero-order chi connectivity index (χ0) is 35.6. The van der Waals surface area contributed by atoms with Crippen LogP contribution < -0.4 is 0 Å². The topological polar surface area (TPSA) is 38.7 Å². The third-order valence-electron chi connectivity index (χ3n) is 11.0. The molecule has 7 aromatic carbocycles. The fraction of sp³-hybridized carbons (Fsp3) is 0.0200. The van der Waals surface area contributed by atoms with Gasteiger partial charge in [-0.05, 0) is 73.8 Å². The molecule has 9 aromatic rings. The highest BCUT2D eigenvalue weighted by molar-refractivity contribution is 7.19. The molecule has 2 heterocycles. The van der Waals surface area contributed by atoms with Crippen LogP contribution in [0, 0.1) is 0 Å². The molecular weight excluding hydrogens is 675 g/mol. The summed E-state index contributed by atoms with van der Waals surface area (Å²) < 4.78 is 0. The molecule has 0 N–H and O–H groups in total. The van der Waals surface area contributed by atoms with Crippen molar-refractivity contribution in [3.63, 3.8) is 0 Å². The summed E-state index contributed by atoms with van der Waals surface area (Å²) >= 11 is 1.91. The lowest BCUT2D eigenvalue weighted by Gasteiger charge is -2.30. The highest BCUT2D eigenvalue weighted by atomic mass is 32.1. The van der Waals surface area contributed by atoms with Crippen LogP contribution in [-0.4, -0.2) is 15.0 Å². The van der Waals surface area contributed by atoms with Crippen LogP contribution in [0.3, 0.4) is 0 Å². The van der Waals surface area contributed by atoms with Gasteiger partial charge in [-0.1, -0.05) is 170 Å². The van der Waals surface area contributed by atoms with Crippen LogP contribution >= 0.6 is 11.3 Å². The summed E-state index contributed by atoms with van der Waals surface area (Å²) in [5.41, 5.74) is 15.3. The van der Waals surface area contributed by atoms with Crippen LogP contribution in [0.5, 0.6) is 0 Å². The molecule has 0 unspecified atom stereocenters. The molecular formula is C50H31N3S. The average Bonchev–Trinajstić information content (AvgIpc) is 3.91. The fourth-order valence-corrected chi connectivity index (χ4v) is 9.84. The average molecular weight is 706 g/mol. The minimum Gasteiger partial charge on any atom is -0.208 e. The normalized spacial score (nSPS) is 13.0. The van der Waals surface area contributed by atoms with Gasteiger partial charge in [0.1, 0.15) is 0 Å². The van der Waals surface area contributed by atoms with Crippen molar-refractivity contribution in [3.8, 4) is 77.3 Å². The van der Waals surface area contributed by atoms with Crippen molar-refractivity contribution in [2.45, 2.75) is 5.41 Å². The van der Waals surface area contributed by atoms with Crippen molar-refractivity contribution in [1.82, 2.24) is 15.0 Å². The Morgan fingerprint density at radius 3 is 1.41 bits per heavy atom. The van der Waals surface area contributed by atoms with Crippen LogP contribution in [-0.2, 0) is 5.41 Å². The first-order chi connectivity index (χ1) is 26.8. The molecule has 11 rings (SSSR count). The van der Waals surface area contributed by atoms with Crippen molar-refractivity contribution in [3.05, 3.63) is 210 Å². The number of benzene rings is 7. The Morgan fingerprint density at radius 1 is 0.315 bits per heavy atom. The van der Waals surface area contributed by atoms with E-state index in [1.807, 2.05) is 72.0 Å². The summed E-state index contributed by atoms with van der Waals surface area (Å²) in [6.07, 6.45) is 0. The Bertz CT molecular complexity index is 2770. The maximum atomic E-state index is 5.03. The third kappa shape index (κ3) is 4.64. The van der Waals surface area contributed by atoms with Gasteiger partial charge in [0.15, 0.2) is 17.5 Å². The van der Waals surface area contributed by atoms with Gasteiger partial charge in [0.2, 0.25) is 0 Å². The van der Waals surface area contributed by atoms with Gasteiger partial charge in [-0.2, -0.15) is 0 Å². The van der Waals surface area contributed by atoms with E-state index >= 15 is 0 Å². The molecule has 252 valence electrons. The van der Waals surface area contributed by atoms with Gasteiger partial charge in [-0.15, -0.1) is 11.3 Å². The molecule has 1 spiro atoms. The van der Waals surface area contributed by atoms with Crippen molar-refractivity contribution < 1.29 is 0 Å². The van der Waals surface area contributed by atoms with Crippen LogP contribution in [0.1, 0.15) is 22.3 Å². The van der Waals surface area contributed by atoms with E-state index in [2.05, 4.69) is 127 Å². The fourth-order valence-electron chi connectivity index (χ4n) is 8.58. The van der Waals surface area contributed by atoms with E-state index in [9.17, 15) is 0 Å². The predicted molar refractivity (Wildman–Crippen MR) is 221 cm³/mol. The summed E-state index contributed by atoms with van der Waals surface area (Å²) in [5, 5.41) is 0. The molecule has 0 atom stereocenters. The molecule has 54 heavy (non-hydrogen) atoms. The number of hydrogen-bond donors (Lipinski definition) is 0. The molecule has 2 aliphatic rings. The number of fused-ring (bicyclic) bond motifs is 10. The Hall–Kier alpha value is -6.75. The van der Waals surface area contributed by atoms with Crippen LogP contribution in [0.15, 0.2) is 188 Å². The highest BCUT2D eigenvalue weighted by Gasteiger charge is 2.52. The first kappa shape index (κ1) is 30.8. The summed E-state index contributed by atoms with van der Waals surface area (Å²) in [6, 6.07) is 67.3. The summed E-state index contributed by atoms with van der Waals surface area (Å²) in [7, 11) is 0.